The molecule has 30 heavy (non-hydrogen) atoms. The van der Waals surface area contributed by atoms with E-state index in [9.17, 15) is 13.6 Å². The molecule has 7 nitrogen and oxygen atoms in total. The molecule has 0 heterocycles. The Balaban J connectivity index is 1.99. The number of methoxy groups -OCH3 is 1. The molecule has 1 amide bonds. The third kappa shape index (κ3) is 6.91. The second-order valence-electron chi connectivity index (χ2n) is 6.50. The van der Waals surface area contributed by atoms with Crippen LogP contribution in [-0.4, -0.2) is 44.6 Å². The highest BCUT2D eigenvalue weighted by Gasteiger charge is 2.10. The molecular weight excluding hydrogens is 394 g/mol. The number of benzene rings is 2. The average Bonchev–Trinajstić information content (AvgIpc) is 2.69. The third-order valence-electron chi connectivity index (χ3n) is 4.17. The molecule has 162 valence electrons. The zero-order valence-electron chi connectivity index (χ0n) is 17.4. The lowest BCUT2D eigenvalue weighted by atomic mass is 10.2. The highest BCUT2D eigenvalue weighted by atomic mass is 19.3. The maximum Gasteiger partial charge on any atom is 0.387 e. The van der Waals surface area contributed by atoms with Crippen molar-refractivity contribution >= 4 is 17.6 Å². The lowest BCUT2D eigenvalue weighted by molar-refractivity contribution is -0.114. The van der Waals surface area contributed by atoms with E-state index in [4.69, 9.17) is 4.74 Å². The number of hydrogen-bond donors (Lipinski definition) is 2. The van der Waals surface area contributed by atoms with Crippen molar-refractivity contribution in [3.8, 4) is 11.5 Å². The molecule has 0 spiro atoms. The van der Waals surface area contributed by atoms with E-state index in [1.54, 1.807) is 32.4 Å². The number of guanidine groups is 1. The van der Waals surface area contributed by atoms with Crippen LogP contribution >= 0.6 is 0 Å². The van der Waals surface area contributed by atoms with Gasteiger partial charge in [0, 0.05) is 34.1 Å². The van der Waals surface area contributed by atoms with Crippen LogP contribution < -0.4 is 20.1 Å². The molecule has 0 aliphatic carbocycles. The summed E-state index contributed by atoms with van der Waals surface area (Å²) in [5.41, 5.74) is 2.45. The molecule has 2 N–H and O–H groups in total. The second kappa shape index (κ2) is 11.0. The van der Waals surface area contributed by atoms with E-state index in [0.29, 0.717) is 30.5 Å². The second-order valence-corrected chi connectivity index (χ2v) is 6.50. The molecule has 0 fully saturated rings. The summed E-state index contributed by atoms with van der Waals surface area (Å²) in [7, 11) is 5.09. The van der Waals surface area contributed by atoms with Crippen LogP contribution in [0, 0.1) is 0 Å². The minimum Gasteiger partial charge on any atom is -0.495 e. The van der Waals surface area contributed by atoms with Gasteiger partial charge in [0.2, 0.25) is 5.91 Å². The standard InChI is InChI=1S/C21H26F2N4O3/c1-14(28)26-18-11-16(7-10-19(18)29-4)12-25-21(24-2)27(3)13-15-5-8-17(9-6-15)30-20(22)23/h5-11,20H,12-13H2,1-4H3,(H,24,25)(H,26,28). The van der Waals surface area contributed by atoms with Crippen LogP contribution in [0.5, 0.6) is 11.5 Å². The third-order valence-corrected chi connectivity index (χ3v) is 4.17. The molecule has 0 aliphatic heterocycles. The number of ether oxygens (including phenoxy) is 2. The normalized spacial score (nSPS) is 11.2. The summed E-state index contributed by atoms with van der Waals surface area (Å²) in [6.45, 7) is -0.401. The maximum absolute atomic E-state index is 12.3. The fourth-order valence-corrected chi connectivity index (χ4v) is 2.84. The van der Waals surface area contributed by atoms with E-state index < -0.39 is 6.61 Å². The highest BCUT2D eigenvalue weighted by molar-refractivity contribution is 5.90. The van der Waals surface area contributed by atoms with E-state index in [1.165, 1.54) is 19.1 Å². The molecule has 0 radical (unpaired) electrons. The van der Waals surface area contributed by atoms with Crippen LogP contribution in [0.15, 0.2) is 47.5 Å². The van der Waals surface area contributed by atoms with Crippen molar-refractivity contribution in [2.75, 3.05) is 26.5 Å². The average molecular weight is 420 g/mol. The van der Waals surface area contributed by atoms with Gasteiger partial charge in [-0.15, -0.1) is 0 Å². The molecule has 2 aromatic carbocycles. The molecule has 0 saturated carbocycles. The number of nitrogens with one attached hydrogen (secondary N) is 2. The van der Waals surface area contributed by atoms with Gasteiger partial charge in [-0.2, -0.15) is 8.78 Å². The zero-order chi connectivity index (χ0) is 22.1. The number of amides is 1. The Kier molecular flexibility index (Phi) is 8.40. The monoisotopic (exact) mass is 420 g/mol. The summed E-state index contributed by atoms with van der Waals surface area (Å²) >= 11 is 0. The summed E-state index contributed by atoms with van der Waals surface area (Å²) in [5.74, 6) is 1.17. The Morgan fingerprint density at radius 2 is 1.83 bits per heavy atom. The van der Waals surface area contributed by atoms with E-state index in [1.807, 2.05) is 24.1 Å². The smallest absolute Gasteiger partial charge is 0.387 e. The molecule has 9 heteroatoms. The Morgan fingerprint density at radius 3 is 2.40 bits per heavy atom. The van der Waals surface area contributed by atoms with Crippen LogP contribution in [0.4, 0.5) is 14.5 Å². The van der Waals surface area contributed by atoms with Crippen LogP contribution in [0.1, 0.15) is 18.1 Å². The van der Waals surface area contributed by atoms with Gasteiger partial charge in [-0.3, -0.25) is 9.79 Å². The molecular formula is C21H26F2N4O3. The number of carbonyl (C=O) groups excluding carboxylic acids is 1. The van der Waals surface area contributed by atoms with Gasteiger partial charge in [0.15, 0.2) is 5.96 Å². The number of hydrogen-bond acceptors (Lipinski definition) is 4. The van der Waals surface area contributed by atoms with Crippen molar-refractivity contribution in [1.29, 1.82) is 0 Å². The Bertz CT molecular complexity index is 873. The van der Waals surface area contributed by atoms with Gasteiger partial charge in [0.25, 0.3) is 0 Å². The van der Waals surface area contributed by atoms with Gasteiger partial charge >= 0.3 is 6.61 Å². The molecule has 0 atom stereocenters. The lowest BCUT2D eigenvalue weighted by Gasteiger charge is -2.22. The lowest BCUT2D eigenvalue weighted by Crippen LogP contribution is -2.38. The zero-order valence-corrected chi connectivity index (χ0v) is 17.4. The number of halogens is 2. The number of nitrogens with zero attached hydrogens (tertiary/aromatic N) is 2. The van der Waals surface area contributed by atoms with E-state index in [0.717, 1.165) is 11.1 Å². The first-order chi connectivity index (χ1) is 14.3. The molecule has 0 unspecified atom stereocenters. The van der Waals surface area contributed by atoms with Gasteiger partial charge in [-0.25, -0.2) is 0 Å². The first kappa shape index (κ1) is 22.9. The molecule has 0 bridgehead atoms. The fraction of sp³-hybridized carbons (Fsp3) is 0.333. The minimum absolute atomic E-state index is 0.119. The van der Waals surface area contributed by atoms with Crippen molar-refractivity contribution in [3.63, 3.8) is 0 Å². The molecule has 0 aromatic heterocycles. The minimum atomic E-state index is -2.84. The maximum atomic E-state index is 12.3. The van der Waals surface area contributed by atoms with Gasteiger partial charge in [0.1, 0.15) is 11.5 Å². The Labute approximate surface area is 174 Å². The molecule has 2 rings (SSSR count). The van der Waals surface area contributed by atoms with Gasteiger partial charge < -0.3 is 25.0 Å². The van der Waals surface area contributed by atoms with Crippen molar-refractivity contribution in [1.82, 2.24) is 10.2 Å². The van der Waals surface area contributed by atoms with E-state index >= 15 is 0 Å². The Hall–Kier alpha value is -3.36. The predicted octanol–water partition coefficient (Wildman–Crippen LogP) is 3.46. The summed E-state index contributed by atoms with van der Waals surface area (Å²) in [5, 5.41) is 6.01. The number of rotatable bonds is 8. The van der Waals surface area contributed by atoms with Crippen molar-refractivity contribution in [3.05, 3.63) is 53.6 Å². The Morgan fingerprint density at radius 1 is 1.17 bits per heavy atom. The molecule has 0 saturated heterocycles. The summed E-state index contributed by atoms with van der Waals surface area (Å²) in [6, 6.07) is 12.0. The number of anilines is 1. The van der Waals surface area contributed by atoms with Crippen molar-refractivity contribution in [2.24, 2.45) is 4.99 Å². The first-order valence-electron chi connectivity index (χ1n) is 9.22. The highest BCUT2D eigenvalue weighted by Crippen LogP contribution is 2.25. The SMILES string of the molecule is CN=C(NCc1ccc(OC)c(NC(C)=O)c1)N(C)Cc1ccc(OC(F)F)cc1. The number of alkyl halides is 2. The first-order valence-corrected chi connectivity index (χ1v) is 9.22. The van der Waals surface area contributed by atoms with E-state index in [2.05, 4.69) is 20.4 Å². The summed E-state index contributed by atoms with van der Waals surface area (Å²) < 4.78 is 34.1. The quantitative estimate of drug-likeness (QED) is 0.505. The fourth-order valence-electron chi connectivity index (χ4n) is 2.84. The summed E-state index contributed by atoms with van der Waals surface area (Å²) in [4.78, 5) is 17.6. The van der Waals surface area contributed by atoms with Crippen LogP contribution in [-0.2, 0) is 17.9 Å². The largest absolute Gasteiger partial charge is 0.495 e. The van der Waals surface area contributed by atoms with Gasteiger partial charge in [-0.05, 0) is 35.4 Å². The summed E-state index contributed by atoms with van der Waals surface area (Å²) in [6.07, 6.45) is 0. The molecule has 2 aromatic rings. The molecule has 0 aliphatic rings. The van der Waals surface area contributed by atoms with Crippen molar-refractivity contribution < 1.29 is 23.0 Å². The van der Waals surface area contributed by atoms with Crippen LogP contribution in [0.25, 0.3) is 0 Å². The van der Waals surface area contributed by atoms with Gasteiger partial charge in [-0.1, -0.05) is 18.2 Å². The van der Waals surface area contributed by atoms with Crippen molar-refractivity contribution in [2.45, 2.75) is 26.6 Å². The topological polar surface area (TPSA) is 75.2 Å². The van der Waals surface area contributed by atoms with Gasteiger partial charge in [0.05, 0.1) is 12.8 Å². The van der Waals surface area contributed by atoms with Crippen LogP contribution in [0.2, 0.25) is 0 Å². The predicted molar refractivity (Wildman–Crippen MR) is 112 cm³/mol. The number of carbonyl (C=O) groups is 1. The van der Waals surface area contributed by atoms with Crippen LogP contribution in [0.3, 0.4) is 0 Å². The van der Waals surface area contributed by atoms with E-state index in [-0.39, 0.29) is 11.7 Å². The number of aliphatic imine (C=N–C) groups is 1.